The lowest BCUT2D eigenvalue weighted by Crippen LogP contribution is -2.19. The van der Waals surface area contributed by atoms with Crippen molar-refractivity contribution in [2.24, 2.45) is 10.1 Å². The van der Waals surface area contributed by atoms with Crippen molar-refractivity contribution in [3.05, 3.63) is 87.8 Å². The molecular formula is C20H16ClN3O. The number of aliphatic imine (C=N–C) groups is 1. The summed E-state index contributed by atoms with van der Waals surface area (Å²) in [4.78, 5) is 4.77. The molecule has 0 unspecified atom stereocenters. The van der Waals surface area contributed by atoms with Crippen LogP contribution in [-0.4, -0.2) is 11.5 Å². The first-order chi connectivity index (χ1) is 12.1. The summed E-state index contributed by atoms with van der Waals surface area (Å²) in [5, 5.41) is 5.26. The largest absolute Gasteiger partial charge is 0.460 e. The minimum atomic E-state index is 0.667. The number of hydrogen-bond donors (Lipinski definition) is 1. The van der Waals surface area contributed by atoms with E-state index in [0.717, 1.165) is 33.8 Å². The van der Waals surface area contributed by atoms with Gasteiger partial charge in [0.05, 0.1) is 5.69 Å². The molecule has 2 aromatic carbocycles. The topological polar surface area (TPSA) is 49.9 Å². The van der Waals surface area contributed by atoms with E-state index in [0.29, 0.717) is 16.6 Å². The zero-order valence-corrected chi connectivity index (χ0v) is 14.6. The summed E-state index contributed by atoms with van der Waals surface area (Å²) in [6.45, 7) is 3.97. The molecule has 5 heteroatoms. The second-order valence-electron chi connectivity index (χ2n) is 5.97. The van der Waals surface area contributed by atoms with Crippen molar-refractivity contribution in [3.8, 4) is 0 Å². The Labute approximate surface area is 150 Å². The van der Waals surface area contributed by atoms with Crippen LogP contribution < -0.4 is 5.43 Å². The van der Waals surface area contributed by atoms with Crippen molar-refractivity contribution >= 4 is 28.8 Å². The summed E-state index contributed by atoms with van der Waals surface area (Å²) in [5.74, 6) is 2.22. The lowest BCUT2D eigenvalue weighted by Gasteiger charge is -2.06. The molecule has 3 aromatic rings. The van der Waals surface area contributed by atoms with Crippen LogP contribution in [0.2, 0.25) is 5.02 Å². The van der Waals surface area contributed by atoms with Gasteiger partial charge in [0.1, 0.15) is 11.5 Å². The van der Waals surface area contributed by atoms with Crippen molar-refractivity contribution < 1.29 is 4.42 Å². The summed E-state index contributed by atoms with van der Waals surface area (Å²) in [7, 11) is 0. The third kappa shape index (κ3) is 3.08. The summed E-state index contributed by atoms with van der Waals surface area (Å²) in [6, 6.07) is 17.5. The highest BCUT2D eigenvalue weighted by Gasteiger charge is 2.19. The smallest absolute Gasteiger partial charge is 0.155 e. The number of rotatable bonds is 2. The molecule has 4 rings (SSSR count). The number of furan rings is 1. The Morgan fingerprint density at radius 1 is 0.960 bits per heavy atom. The van der Waals surface area contributed by atoms with Crippen LogP contribution in [0.15, 0.2) is 69.1 Å². The lowest BCUT2D eigenvalue weighted by molar-refractivity contribution is 0.525. The molecular weight excluding hydrogens is 334 g/mol. The third-order valence-electron chi connectivity index (χ3n) is 4.00. The van der Waals surface area contributed by atoms with Gasteiger partial charge in [0.15, 0.2) is 11.6 Å². The SMILES string of the molecule is Cc1ccc2c(c1)C(c1ccc(C)o1)=NNC(c1ccc(Cl)cc1)=N2. The molecule has 0 bridgehead atoms. The van der Waals surface area contributed by atoms with Gasteiger partial charge < -0.3 is 4.42 Å². The van der Waals surface area contributed by atoms with Crippen molar-refractivity contribution in [2.75, 3.05) is 0 Å². The van der Waals surface area contributed by atoms with E-state index in [1.165, 1.54) is 0 Å². The van der Waals surface area contributed by atoms with Gasteiger partial charge in [-0.3, -0.25) is 5.43 Å². The molecule has 124 valence electrons. The van der Waals surface area contributed by atoms with E-state index in [9.17, 15) is 0 Å². The van der Waals surface area contributed by atoms with Gasteiger partial charge in [-0.15, -0.1) is 0 Å². The molecule has 0 spiro atoms. The summed E-state index contributed by atoms with van der Waals surface area (Å²) in [6.07, 6.45) is 0. The summed E-state index contributed by atoms with van der Waals surface area (Å²) < 4.78 is 5.79. The van der Waals surface area contributed by atoms with Gasteiger partial charge in [0.25, 0.3) is 0 Å². The van der Waals surface area contributed by atoms with Crippen LogP contribution in [0.4, 0.5) is 5.69 Å². The molecule has 1 aliphatic rings. The number of aryl methyl sites for hydroxylation is 2. The maximum absolute atomic E-state index is 5.99. The number of amidine groups is 1. The van der Waals surface area contributed by atoms with E-state index < -0.39 is 0 Å². The first-order valence-electron chi connectivity index (χ1n) is 7.96. The predicted molar refractivity (Wildman–Crippen MR) is 101 cm³/mol. The fourth-order valence-electron chi connectivity index (χ4n) is 2.74. The molecule has 0 fully saturated rings. The summed E-state index contributed by atoms with van der Waals surface area (Å²) >= 11 is 5.99. The standard InChI is InChI=1S/C20H16ClN3O/c1-12-3-9-17-16(11-12)19(18-10-4-13(2)25-18)23-24-20(22-17)14-5-7-15(21)8-6-14/h3-11H,1-2H3,(H,22,24). The number of halogens is 1. The Hall–Kier alpha value is -2.85. The Bertz CT molecular complexity index is 1000. The van der Waals surface area contributed by atoms with E-state index >= 15 is 0 Å². The minimum Gasteiger partial charge on any atom is -0.460 e. The fourth-order valence-corrected chi connectivity index (χ4v) is 2.86. The fraction of sp³-hybridized carbons (Fsp3) is 0.100. The van der Waals surface area contributed by atoms with Crippen LogP contribution >= 0.6 is 11.6 Å². The number of fused-ring (bicyclic) bond motifs is 1. The summed E-state index contributed by atoms with van der Waals surface area (Å²) in [5.41, 5.74) is 7.64. The highest BCUT2D eigenvalue weighted by molar-refractivity contribution is 6.30. The number of nitrogens with one attached hydrogen (secondary N) is 1. The third-order valence-corrected chi connectivity index (χ3v) is 4.26. The first-order valence-corrected chi connectivity index (χ1v) is 8.34. The average Bonchev–Trinajstić information content (AvgIpc) is 2.93. The van der Waals surface area contributed by atoms with E-state index in [4.69, 9.17) is 21.0 Å². The highest BCUT2D eigenvalue weighted by Crippen LogP contribution is 2.27. The zero-order chi connectivity index (χ0) is 17.4. The van der Waals surface area contributed by atoms with Gasteiger partial charge in [-0.25, -0.2) is 4.99 Å². The Kier molecular flexibility index (Phi) is 3.90. The number of hydrogen-bond acceptors (Lipinski definition) is 4. The van der Waals surface area contributed by atoms with E-state index in [2.05, 4.69) is 16.6 Å². The first kappa shape index (κ1) is 15.7. The van der Waals surface area contributed by atoms with Gasteiger partial charge in [0, 0.05) is 16.1 Å². The number of benzene rings is 2. The van der Waals surface area contributed by atoms with E-state index in [-0.39, 0.29) is 0 Å². The maximum Gasteiger partial charge on any atom is 0.155 e. The molecule has 25 heavy (non-hydrogen) atoms. The van der Waals surface area contributed by atoms with Crippen LogP contribution in [-0.2, 0) is 0 Å². The van der Waals surface area contributed by atoms with Crippen LogP contribution in [0.3, 0.4) is 0 Å². The van der Waals surface area contributed by atoms with E-state index in [1.807, 2.05) is 62.4 Å². The highest BCUT2D eigenvalue weighted by atomic mass is 35.5. The molecule has 0 atom stereocenters. The van der Waals surface area contributed by atoms with Crippen molar-refractivity contribution in [3.63, 3.8) is 0 Å². The molecule has 0 aliphatic carbocycles. The van der Waals surface area contributed by atoms with Crippen molar-refractivity contribution in [1.29, 1.82) is 0 Å². The molecule has 0 radical (unpaired) electrons. The number of hydrazone groups is 1. The predicted octanol–water partition coefficient (Wildman–Crippen LogP) is 4.98. The molecule has 1 N–H and O–H groups in total. The van der Waals surface area contributed by atoms with E-state index in [1.54, 1.807) is 0 Å². The quantitative estimate of drug-likeness (QED) is 0.709. The van der Waals surface area contributed by atoms with Gasteiger partial charge in [-0.1, -0.05) is 23.2 Å². The molecule has 2 heterocycles. The molecule has 4 nitrogen and oxygen atoms in total. The van der Waals surface area contributed by atoms with Gasteiger partial charge in [-0.2, -0.15) is 5.10 Å². The molecule has 1 aliphatic heterocycles. The normalized spacial score (nSPS) is 13.4. The Morgan fingerprint density at radius 2 is 1.76 bits per heavy atom. The lowest BCUT2D eigenvalue weighted by atomic mass is 10.0. The minimum absolute atomic E-state index is 0.667. The maximum atomic E-state index is 5.99. The average molecular weight is 350 g/mol. The molecule has 1 aromatic heterocycles. The second-order valence-corrected chi connectivity index (χ2v) is 6.41. The Balaban J connectivity index is 1.86. The molecule has 0 amide bonds. The van der Waals surface area contributed by atoms with Crippen LogP contribution in [0.1, 0.15) is 28.2 Å². The van der Waals surface area contributed by atoms with Crippen molar-refractivity contribution in [2.45, 2.75) is 13.8 Å². The van der Waals surface area contributed by atoms with Gasteiger partial charge in [-0.05, 0) is 62.4 Å². The van der Waals surface area contributed by atoms with Gasteiger partial charge in [0.2, 0.25) is 0 Å². The van der Waals surface area contributed by atoms with Gasteiger partial charge >= 0.3 is 0 Å². The molecule has 0 saturated carbocycles. The Morgan fingerprint density at radius 3 is 2.48 bits per heavy atom. The van der Waals surface area contributed by atoms with Crippen LogP contribution in [0.25, 0.3) is 0 Å². The van der Waals surface area contributed by atoms with Crippen LogP contribution in [0, 0.1) is 13.8 Å². The number of nitrogens with zero attached hydrogens (tertiary/aromatic N) is 2. The van der Waals surface area contributed by atoms with Crippen molar-refractivity contribution in [1.82, 2.24) is 5.43 Å². The second kappa shape index (κ2) is 6.22. The zero-order valence-electron chi connectivity index (χ0n) is 13.9. The monoisotopic (exact) mass is 349 g/mol. The van der Waals surface area contributed by atoms with Crippen LogP contribution in [0.5, 0.6) is 0 Å². The molecule has 0 saturated heterocycles.